The summed E-state index contributed by atoms with van der Waals surface area (Å²) in [7, 11) is 0. The molecule has 5 nitrogen and oxygen atoms in total. The lowest BCUT2D eigenvalue weighted by molar-refractivity contribution is 0.0904. The predicted octanol–water partition coefficient (Wildman–Crippen LogP) is 0.153. The molecule has 0 saturated heterocycles. The van der Waals surface area contributed by atoms with Gasteiger partial charge < -0.3 is 25.2 Å². The number of hydrogen-bond donors (Lipinski definition) is 4. The average molecular weight is 240 g/mol. The van der Waals surface area contributed by atoms with Gasteiger partial charge in [0.15, 0.2) is 0 Å². The summed E-state index contributed by atoms with van der Waals surface area (Å²) in [5.41, 5.74) is 0. The van der Waals surface area contributed by atoms with Crippen LogP contribution in [0.3, 0.4) is 0 Å². The number of rotatable bonds is 6. The summed E-state index contributed by atoms with van der Waals surface area (Å²) in [5.74, 6) is 0. The van der Waals surface area contributed by atoms with Crippen LogP contribution in [0.25, 0.3) is 0 Å². The predicted molar refractivity (Wildman–Crippen MR) is 64.3 cm³/mol. The van der Waals surface area contributed by atoms with Gasteiger partial charge in [-0.15, -0.1) is 0 Å². The third kappa shape index (κ3) is 48.9. The minimum Gasteiger partial charge on any atom is -0.397 e. The molecule has 0 amide bonds. The zero-order chi connectivity index (χ0) is 13.2. The molecule has 0 aromatic heterocycles. The molecule has 16 heavy (non-hydrogen) atoms. The summed E-state index contributed by atoms with van der Waals surface area (Å²) in [6.45, 7) is 6.85. The largest absolute Gasteiger partial charge is 0.397 e. The first-order valence-electron chi connectivity index (χ1n) is 5.68. The summed E-state index contributed by atoms with van der Waals surface area (Å²) in [6.07, 6.45) is 1.70. The highest BCUT2D eigenvalue weighted by Gasteiger charge is 1.83. The molecule has 0 fully saturated rings. The highest BCUT2D eigenvalue weighted by molar-refractivity contribution is 4.34. The topological polar surface area (TPSA) is 90.2 Å². The molecule has 0 heterocycles. The van der Waals surface area contributed by atoms with Gasteiger partial charge in [0.25, 0.3) is 0 Å². The first-order chi connectivity index (χ1) is 7.60. The highest BCUT2D eigenvalue weighted by Crippen LogP contribution is 1.85. The minimum absolute atomic E-state index is 0.139. The van der Waals surface area contributed by atoms with Crippen LogP contribution in [-0.2, 0) is 4.74 Å². The fraction of sp³-hybridized carbons (Fsp3) is 1.00. The van der Waals surface area contributed by atoms with Crippen molar-refractivity contribution in [2.45, 2.75) is 39.7 Å². The van der Waals surface area contributed by atoms with Crippen molar-refractivity contribution in [3.63, 3.8) is 0 Å². The second-order valence-electron chi connectivity index (χ2n) is 3.04. The van der Waals surface area contributed by atoms with Gasteiger partial charge in [0.05, 0.1) is 25.9 Å². The second-order valence-corrected chi connectivity index (χ2v) is 3.04. The van der Waals surface area contributed by atoms with Crippen molar-refractivity contribution in [1.29, 1.82) is 0 Å². The van der Waals surface area contributed by atoms with Crippen LogP contribution in [-0.4, -0.2) is 59.6 Å². The van der Waals surface area contributed by atoms with Crippen LogP contribution in [0.2, 0.25) is 0 Å². The van der Waals surface area contributed by atoms with Gasteiger partial charge in [0.2, 0.25) is 0 Å². The van der Waals surface area contributed by atoms with Crippen molar-refractivity contribution in [2.24, 2.45) is 0 Å². The molecular weight excluding hydrogens is 212 g/mol. The van der Waals surface area contributed by atoms with Gasteiger partial charge in [-0.1, -0.05) is 13.3 Å². The Bertz CT molecular complexity index is 82.4. The van der Waals surface area contributed by atoms with Crippen molar-refractivity contribution in [3.8, 4) is 0 Å². The van der Waals surface area contributed by atoms with E-state index in [1.807, 2.05) is 0 Å². The third-order valence-electron chi connectivity index (χ3n) is 1.14. The number of hydrogen-bond acceptors (Lipinski definition) is 5. The van der Waals surface area contributed by atoms with Crippen LogP contribution in [0.15, 0.2) is 0 Å². The summed E-state index contributed by atoms with van der Waals surface area (Å²) in [6, 6.07) is 0. The van der Waals surface area contributed by atoms with E-state index in [9.17, 15) is 0 Å². The van der Waals surface area contributed by atoms with E-state index in [-0.39, 0.29) is 19.8 Å². The zero-order valence-electron chi connectivity index (χ0n) is 10.7. The van der Waals surface area contributed by atoms with Crippen LogP contribution in [0.1, 0.15) is 33.6 Å². The molecule has 0 spiro atoms. The lowest BCUT2D eigenvalue weighted by Gasteiger charge is -1.97. The summed E-state index contributed by atoms with van der Waals surface area (Å²) in [4.78, 5) is 0. The Kier molecular flexibility index (Phi) is 31.9. The quantitative estimate of drug-likeness (QED) is 0.496. The third-order valence-corrected chi connectivity index (χ3v) is 1.14. The molecule has 0 aliphatic heterocycles. The van der Waals surface area contributed by atoms with Crippen LogP contribution >= 0.6 is 0 Å². The average Bonchev–Trinajstić information content (AvgIpc) is 2.26. The Morgan fingerprint density at radius 1 is 1.06 bits per heavy atom. The zero-order valence-corrected chi connectivity index (χ0v) is 10.7. The molecule has 1 unspecified atom stereocenters. The van der Waals surface area contributed by atoms with Crippen LogP contribution < -0.4 is 0 Å². The number of ether oxygens (including phenoxy) is 1. The van der Waals surface area contributed by atoms with E-state index in [4.69, 9.17) is 25.2 Å². The molecule has 0 radical (unpaired) electrons. The molecule has 0 aliphatic carbocycles. The summed E-state index contributed by atoms with van der Waals surface area (Å²) in [5, 5.41) is 31.8. The van der Waals surface area contributed by atoms with Crippen molar-refractivity contribution >= 4 is 0 Å². The van der Waals surface area contributed by atoms with Gasteiger partial charge in [-0.05, 0) is 20.3 Å². The molecular formula is C11H28O5. The minimum atomic E-state index is -0.560. The molecule has 0 saturated carbocycles. The van der Waals surface area contributed by atoms with Gasteiger partial charge in [-0.2, -0.15) is 0 Å². The van der Waals surface area contributed by atoms with Crippen molar-refractivity contribution in [3.05, 3.63) is 0 Å². The number of aliphatic hydroxyl groups excluding tert-OH is 4. The van der Waals surface area contributed by atoms with E-state index in [0.717, 1.165) is 19.4 Å². The van der Waals surface area contributed by atoms with E-state index in [2.05, 4.69) is 6.92 Å². The van der Waals surface area contributed by atoms with E-state index < -0.39 is 6.10 Å². The lowest BCUT2D eigenvalue weighted by Crippen LogP contribution is -2.03. The van der Waals surface area contributed by atoms with Crippen molar-refractivity contribution < 1.29 is 25.2 Å². The maximum atomic E-state index is 8.24. The van der Waals surface area contributed by atoms with Crippen LogP contribution in [0, 0.1) is 0 Å². The summed E-state index contributed by atoms with van der Waals surface area (Å²) < 4.78 is 4.97. The Labute approximate surface area is 98.7 Å². The van der Waals surface area contributed by atoms with Crippen LogP contribution in [0.5, 0.6) is 0 Å². The van der Waals surface area contributed by atoms with Gasteiger partial charge in [-0.25, -0.2) is 0 Å². The van der Waals surface area contributed by atoms with E-state index >= 15 is 0 Å². The fourth-order valence-electron chi connectivity index (χ4n) is 0.413. The highest BCUT2D eigenvalue weighted by atomic mass is 16.5. The lowest BCUT2D eigenvalue weighted by atomic mass is 10.4. The number of aliphatic hydroxyl groups is 4. The Balaban J connectivity index is -0.000000181. The van der Waals surface area contributed by atoms with E-state index in [1.54, 1.807) is 6.92 Å². The molecule has 5 heteroatoms. The second kappa shape index (κ2) is 24.2. The molecule has 0 aromatic carbocycles. The molecule has 0 rings (SSSR count). The van der Waals surface area contributed by atoms with Crippen LogP contribution in [0.4, 0.5) is 0 Å². The van der Waals surface area contributed by atoms with Gasteiger partial charge in [0, 0.05) is 13.2 Å². The molecule has 0 bridgehead atoms. The standard InChI is InChI=1S/C6H14O2.C3H8O2.C2H6O/c1-2-3-5-8-6-4-7;1-3(5)2-4;1-2-3/h7H,2-6H2,1H3;3-5H,2H2,1H3;3H,2H2,1H3. The SMILES string of the molecule is CC(O)CO.CCCCOCCO.CCO. The molecule has 0 aromatic rings. The Morgan fingerprint density at radius 2 is 1.50 bits per heavy atom. The molecule has 1 atom stereocenters. The van der Waals surface area contributed by atoms with Crippen molar-refractivity contribution in [1.82, 2.24) is 0 Å². The number of unbranched alkanes of at least 4 members (excludes halogenated alkanes) is 1. The molecule has 0 aliphatic rings. The Morgan fingerprint density at radius 3 is 1.75 bits per heavy atom. The fourth-order valence-corrected chi connectivity index (χ4v) is 0.413. The smallest absolute Gasteiger partial charge is 0.0742 e. The van der Waals surface area contributed by atoms with E-state index in [1.165, 1.54) is 6.92 Å². The van der Waals surface area contributed by atoms with Crippen molar-refractivity contribution in [2.75, 3.05) is 33.0 Å². The van der Waals surface area contributed by atoms with Gasteiger partial charge >= 0.3 is 0 Å². The molecule has 102 valence electrons. The normalized spacial score (nSPS) is 10.7. The maximum absolute atomic E-state index is 8.24. The first-order valence-corrected chi connectivity index (χ1v) is 5.68. The molecule has 4 N–H and O–H groups in total. The Hall–Kier alpha value is -0.200. The van der Waals surface area contributed by atoms with Gasteiger partial charge in [0.1, 0.15) is 0 Å². The van der Waals surface area contributed by atoms with Gasteiger partial charge in [-0.3, -0.25) is 0 Å². The van der Waals surface area contributed by atoms with E-state index in [0.29, 0.717) is 6.61 Å². The first kappa shape index (κ1) is 21.1. The maximum Gasteiger partial charge on any atom is 0.0742 e. The monoisotopic (exact) mass is 240 g/mol. The summed E-state index contributed by atoms with van der Waals surface area (Å²) >= 11 is 0.